The van der Waals surface area contributed by atoms with Gasteiger partial charge in [0.2, 0.25) is 5.91 Å². The summed E-state index contributed by atoms with van der Waals surface area (Å²) in [6, 6.07) is 20.9. The summed E-state index contributed by atoms with van der Waals surface area (Å²) in [4.78, 5) is 101. The molecule has 1 saturated heterocycles. The number of carbonyl (C=O) groups is 12. The van der Waals surface area contributed by atoms with Crippen molar-refractivity contribution in [2.75, 3.05) is 48.3 Å². The van der Waals surface area contributed by atoms with Crippen molar-refractivity contribution < 1.29 is 64.1 Å². The zero-order valence-electron chi connectivity index (χ0n) is 65.9. The molecule has 2 aromatic rings. The average Bonchev–Trinajstić information content (AvgIpc) is 3.62. The van der Waals surface area contributed by atoms with E-state index in [0.29, 0.717) is 0 Å². The van der Waals surface area contributed by atoms with E-state index in [1.54, 1.807) is 20.8 Å². The number of aliphatic hydroxyl groups is 1. The first-order valence-electron chi connectivity index (χ1n) is 28.5. The predicted octanol–water partition coefficient (Wildman–Crippen LogP) is 13.9. The van der Waals surface area contributed by atoms with Crippen molar-refractivity contribution in [3.05, 3.63) is 71.8 Å². The molecular formula is C67H172N12O13. The molecule has 1 heterocycles. The van der Waals surface area contributed by atoms with E-state index in [0.717, 1.165) is 49.6 Å². The van der Waals surface area contributed by atoms with E-state index >= 15 is 0 Å². The van der Waals surface area contributed by atoms with Gasteiger partial charge in [0, 0.05) is 27.5 Å². The summed E-state index contributed by atoms with van der Waals surface area (Å²) in [6.07, 6.45) is 9.71. The lowest BCUT2D eigenvalue weighted by molar-refractivity contribution is -0.129. The number of aliphatic hydroxyl groups excluding tert-OH is 1. The van der Waals surface area contributed by atoms with E-state index in [-0.39, 0.29) is 50.3 Å². The lowest BCUT2D eigenvalue weighted by atomic mass is 10.1. The highest BCUT2D eigenvalue weighted by atomic mass is 16.3. The standard InChI is InChI=1S/2C8H10.C7H13NO.3C5H12.C4H10.C3H8O.3C2H6.5CH5N.11CH2O.6H3N.H2/c2*1-2-8-6-4-3-5-7-8;1-7(9)8-5-3-2-4-6-8;3*1-4-5(2)3;1-4(2)3;1-3(2)4;19*1-2;;;;;;;/h2*3-7H,2H2,1H3;2-6H2,1H3;3*5H,4H2,1-3H3;4H,1-3H3;3-4H,1-2H3;3*1-2H3;5*2H2,1H3;11*1H2;6*1H3;1H. The van der Waals surface area contributed by atoms with Crippen molar-refractivity contribution in [2.24, 2.45) is 52.3 Å². The van der Waals surface area contributed by atoms with Crippen molar-refractivity contribution >= 4 is 80.6 Å². The molecule has 0 saturated carbocycles. The molecule has 25 nitrogen and oxygen atoms in total. The second-order valence-corrected chi connectivity index (χ2v) is 14.5. The van der Waals surface area contributed by atoms with Gasteiger partial charge in [0.05, 0.1) is 0 Å². The van der Waals surface area contributed by atoms with Gasteiger partial charge in [-0.05, 0) is 116 Å². The molecule has 0 radical (unpaired) electrons. The maximum atomic E-state index is 10.7. The Hall–Kier alpha value is -6.20. The fourth-order valence-electron chi connectivity index (χ4n) is 2.64. The van der Waals surface area contributed by atoms with Gasteiger partial charge in [-0.1, -0.05) is 218 Å². The van der Waals surface area contributed by atoms with Crippen LogP contribution in [0.1, 0.15) is 210 Å². The molecule has 0 aromatic heterocycles. The summed E-state index contributed by atoms with van der Waals surface area (Å²) in [5, 5.41) is 8.06. The number of aryl methyl sites for hydroxylation is 2. The van der Waals surface area contributed by atoms with Crippen LogP contribution in [0.3, 0.4) is 0 Å². The highest BCUT2D eigenvalue weighted by Gasteiger charge is 2.11. The molecular weight excluding hydrogens is 1180 g/mol. The smallest absolute Gasteiger partial charge is 0.219 e. The Balaban J connectivity index is -0.0000000151. The third-order valence-corrected chi connectivity index (χ3v) is 6.75. The summed E-state index contributed by atoms with van der Waals surface area (Å²) >= 11 is 0. The van der Waals surface area contributed by atoms with Gasteiger partial charge < -0.3 is 128 Å². The molecule has 578 valence electrons. The van der Waals surface area contributed by atoms with E-state index in [4.69, 9.17) is 57.8 Å². The summed E-state index contributed by atoms with van der Waals surface area (Å²) in [7, 11) is 7.50. The Kier molecular flexibility index (Phi) is 771. The van der Waals surface area contributed by atoms with Crippen LogP contribution in [-0.4, -0.2) is 145 Å². The number of rotatable bonds is 5. The lowest BCUT2D eigenvalue weighted by Gasteiger charge is -2.24. The minimum Gasteiger partial charge on any atom is -0.394 e. The Morgan fingerprint density at radius 2 is 0.489 bits per heavy atom. The number of nitrogens with zero attached hydrogens (tertiary/aromatic N) is 1. The van der Waals surface area contributed by atoms with Gasteiger partial charge in [-0.15, -0.1) is 0 Å². The van der Waals surface area contributed by atoms with Gasteiger partial charge in [-0.3, -0.25) is 4.79 Å². The van der Waals surface area contributed by atoms with Gasteiger partial charge in [0.1, 0.15) is 74.7 Å². The Morgan fingerprint density at radius 3 is 0.554 bits per heavy atom. The quantitative estimate of drug-likeness (QED) is 0.132. The Morgan fingerprint density at radius 1 is 0.370 bits per heavy atom. The van der Waals surface area contributed by atoms with Crippen molar-refractivity contribution in [2.45, 2.75) is 217 Å². The first kappa shape index (κ1) is 198. The van der Waals surface area contributed by atoms with Crippen LogP contribution in [0.2, 0.25) is 0 Å². The first-order chi connectivity index (χ1) is 41.4. The SMILES string of the molecule is C=O.C=O.C=O.C=O.C=O.C=O.C=O.C=O.C=O.C=O.C=O.CC.CC.CC.CC(=O)N1CCCCC1.CC(C)C.CC(C)O.CCC(C)C.CCC(C)C.CCC(C)C.CCc1ccccc1.CCc1ccccc1.CN.CN.CN.CN.CN.N.N.N.N.N.N.[HH]. The summed E-state index contributed by atoms with van der Waals surface area (Å²) in [6.45, 7) is 71.8. The molecule has 0 atom stereocenters. The normalized spacial score (nSPS) is 6.88. The van der Waals surface area contributed by atoms with E-state index in [2.05, 4.69) is 174 Å². The second-order valence-electron chi connectivity index (χ2n) is 14.5. The Bertz CT molecular complexity index is 976. The Labute approximate surface area is 573 Å². The molecule has 29 N–H and O–H groups in total. The topological polar surface area (TPSA) is 568 Å². The minimum atomic E-state index is -0.167. The van der Waals surface area contributed by atoms with E-state index in [9.17, 15) is 4.79 Å². The number of hydrogen-bond donors (Lipinski definition) is 12. The lowest BCUT2D eigenvalue weighted by Crippen LogP contribution is -2.33. The van der Waals surface area contributed by atoms with Crippen LogP contribution in [0.4, 0.5) is 0 Å². The number of carbonyl (C=O) groups excluding carboxylic acids is 12. The van der Waals surface area contributed by atoms with E-state index in [1.807, 2.05) is 133 Å². The number of amides is 1. The van der Waals surface area contributed by atoms with Gasteiger partial charge in [-0.25, -0.2) is 0 Å². The molecule has 92 heavy (non-hydrogen) atoms. The van der Waals surface area contributed by atoms with E-state index < -0.39 is 0 Å². The molecule has 0 aliphatic carbocycles. The fraction of sp³-hybridized carbons (Fsp3) is 0.642. The third-order valence-electron chi connectivity index (χ3n) is 6.75. The molecule has 3 rings (SSSR count). The molecule has 1 fully saturated rings. The number of hydrogen-bond acceptors (Lipinski definition) is 24. The zero-order chi connectivity index (χ0) is 76.3. The van der Waals surface area contributed by atoms with Gasteiger partial charge in [-0.2, -0.15) is 0 Å². The van der Waals surface area contributed by atoms with Crippen molar-refractivity contribution in [1.82, 2.24) is 41.8 Å². The molecule has 0 bridgehead atoms. The van der Waals surface area contributed by atoms with Crippen LogP contribution in [0.5, 0.6) is 0 Å². The number of benzene rings is 2. The first-order valence-corrected chi connectivity index (χ1v) is 28.5. The number of likely N-dealkylation sites (tertiary alicyclic amines) is 1. The molecule has 1 amide bonds. The summed E-state index contributed by atoms with van der Waals surface area (Å²) in [5.41, 5.74) is 25.3. The third kappa shape index (κ3) is 568. The average molecular weight is 1350 g/mol. The molecule has 1 aliphatic rings. The van der Waals surface area contributed by atoms with Crippen LogP contribution in [0.15, 0.2) is 60.7 Å². The van der Waals surface area contributed by atoms with Gasteiger partial charge in [0.25, 0.3) is 0 Å². The van der Waals surface area contributed by atoms with Crippen LogP contribution in [0, 0.1) is 23.7 Å². The highest BCUT2D eigenvalue weighted by Crippen LogP contribution is 2.07. The van der Waals surface area contributed by atoms with Gasteiger partial charge in [0.15, 0.2) is 0 Å². The number of nitrogens with two attached hydrogens (primary N) is 5. The van der Waals surface area contributed by atoms with Crippen molar-refractivity contribution in [1.29, 1.82) is 0 Å². The maximum Gasteiger partial charge on any atom is 0.219 e. The molecule has 0 spiro atoms. The van der Waals surface area contributed by atoms with E-state index in [1.165, 1.54) is 84.9 Å². The van der Waals surface area contributed by atoms with Crippen LogP contribution < -0.4 is 65.6 Å². The second kappa shape index (κ2) is 358. The van der Waals surface area contributed by atoms with Gasteiger partial charge >= 0.3 is 0 Å². The van der Waals surface area contributed by atoms with Crippen LogP contribution >= 0.6 is 0 Å². The highest BCUT2D eigenvalue weighted by molar-refractivity contribution is 5.73. The zero-order valence-corrected chi connectivity index (χ0v) is 65.9. The van der Waals surface area contributed by atoms with Crippen molar-refractivity contribution in [3.8, 4) is 0 Å². The largest absolute Gasteiger partial charge is 0.394 e. The maximum absolute atomic E-state index is 10.7. The fourth-order valence-corrected chi connectivity index (χ4v) is 2.64. The van der Waals surface area contributed by atoms with Crippen LogP contribution in [0.25, 0.3) is 0 Å². The summed E-state index contributed by atoms with van der Waals surface area (Å²) in [5.74, 6) is 3.72. The minimum absolute atomic E-state index is 0. The monoisotopic (exact) mass is 1350 g/mol. The molecule has 0 unspecified atom stereocenters. The molecule has 2 aromatic carbocycles. The van der Waals surface area contributed by atoms with Crippen LogP contribution in [-0.2, 0) is 70.4 Å². The predicted molar refractivity (Wildman–Crippen MR) is 416 cm³/mol. The summed E-state index contributed by atoms with van der Waals surface area (Å²) < 4.78 is 0. The molecule has 1 aliphatic heterocycles. The van der Waals surface area contributed by atoms with Crippen molar-refractivity contribution in [3.63, 3.8) is 0 Å². The number of piperidine rings is 1. The molecule has 25 heteroatoms.